The van der Waals surface area contributed by atoms with Gasteiger partial charge in [0.2, 0.25) is 0 Å². The number of anilines is 1. The van der Waals surface area contributed by atoms with Crippen molar-refractivity contribution in [3.8, 4) is 0 Å². The van der Waals surface area contributed by atoms with Gasteiger partial charge in [-0.1, -0.05) is 30.3 Å². The summed E-state index contributed by atoms with van der Waals surface area (Å²) in [6.07, 6.45) is 1.56. The quantitative estimate of drug-likeness (QED) is 0.420. The number of hydrogen-bond donors (Lipinski definition) is 2. The number of hydrogen-bond acceptors (Lipinski definition) is 4. The van der Waals surface area contributed by atoms with Gasteiger partial charge in [0.1, 0.15) is 5.70 Å². The summed E-state index contributed by atoms with van der Waals surface area (Å²) in [6.45, 7) is 1.47. The number of Topliss-reactive ketones (excluding diaryl/α,β-unsaturated/α-hetero) is 1. The highest BCUT2D eigenvalue weighted by Gasteiger charge is 2.17. The van der Waals surface area contributed by atoms with Gasteiger partial charge in [-0.2, -0.15) is 0 Å². The third-order valence-corrected chi connectivity index (χ3v) is 4.38. The first kappa shape index (κ1) is 20.3. The van der Waals surface area contributed by atoms with E-state index in [1.165, 1.54) is 13.0 Å². The maximum absolute atomic E-state index is 12.8. The smallest absolute Gasteiger partial charge is 0.291 e. The van der Waals surface area contributed by atoms with Crippen molar-refractivity contribution in [1.82, 2.24) is 5.32 Å². The Morgan fingerprint density at radius 1 is 0.931 bits per heavy atom. The topological polar surface area (TPSA) is 88.4 Å². The van der Waals surface area contributed by atoms with Crippen LogP contribution in [0.25, 0.3) is 6.08 Å². The van der Waals surface area contributed by atoms with E-state index < -0.39 is 11.8 Å². The zero-order valence-electron chi connectivity index (χ0n) is 15.4. The Bertz CT molecular complexity index is 1070. The lowest BCUT2D eigenvalue weighted by Gasteiger charge is -2.11. The fourth-order valence-corrected chi connectivity index (χ4v) is 2.79. The molecule has 2 N–H and O–H groups in total. The number of benzene rings is 2. The Balaban J connectivity index is 1.83. The second kappa shape index (κ2) is 9.16. The van der Waals surface area contributed by atoms with E-state index in [1.54, 1.807) is 36.4 Å². The molecule has 0 aliphatic heterocycles. The van der Waals surface area contributed by atoms with Crippen molar-refractivity contribution in [1.29, 1.82) is 0 Å². The minimum Gasteiger partial charge on any atom is -0.444 e. The largest absolute Gasteiger partial charge is 0.444 e. The second-order valence-electron chi connectivity index (χ2n) is 6.11. The number of amides is 2. The van der Waals surface area contributed by atoms with Gasteiger partial charge >= 0.3 is 0 Å². The van der Waals surface area contributed by atoms with Crippen LogP contribution in [-0.4, -0.2) is 17.6 Å². The van der Waals surface area contributed by atoms with Gasteiger partial charge in [0.25, 0.3) is 11.8 Å². The van der Waals surface area contributed by atoms with Gasteiger partial charge in [-0.25, -0.2) is 0 Å². The zero-order chi connectivity index (χ0) is 20.8. The molecule has 0 atom stereocenters. The minimum atomic E-state index is -0.556. The lowest BCUT2D eigenvalue weighted by molar-refractivity contribution is -0.113. The molecule has 2 amide bonds. The van der Waals surface area contributed by atoms with E-state index in [1.807, 2.05) is 30.3 Å². The van der Waals surface area contributed by atoms with Gasteiger partial charge in [0.15, 0.2) is 16.2 Å². The molecule has 7 heteroatoms. The Hall–Kier alpha value is -3.45. The predicted molar refractivity (Wildman–Crippen MR) is 113 cm³/mol. The standard InChI is InChI=1S/C22H17BrN2O4/c1-14(26)16-7-9-17(10-8-16)24-21(27)18(13-15-5-3-2-4-6-15)25-22(28)19-11-12-20(23)29-19/h2-13H,1H3,(H,24,27)(H,25,28)/b18-13-. The van der Waals surface area contributed by atoms with Gasteiger partial charge in [-0.15, -0.1) is 0 Å². The molecule has 6 nitrogen and oxygen atoms in total. The van der Waals surface area contributed by atoms with Crippen LogP contribution in [0, 0.1) is 0 Å². The first-order chi connectivity index (χ1) is 13.9. The molecular formula is C22H17BrN2O4. The normalized spacial score (nSPS) is 11.0. The molecule has 0 spiro atoms. The van der Waals surface area contributed by atoms with E-state index >= 15 is 0 Å². The molecule has 0 bridgehead atoms. The van der Waals surface area contributed by atoms with Crippen LogP contribution in [0.1, 0.15) is 33.4 Å². The zero-order valence-corrected chi connectivity index (χ0v) is 17.0. The lowest BCUT2D eigenvalue weighted by Crippen LogP contribution is -2.30. The van der Waals surface area contributed by atoms with Crippen molar-refractivity contribution in [2.75, 3.05) is 5.32 Å². The van der Waals surface area contributed by atoms with Gasteiger partial charge in [-0.3, -0.25) is 14.4 Å². The van der Waals surface area contributed by atoms with Crippen molar-refractivity contribution in [2.45, 2.75) is 6.92 Å². The predicted octanol–water partition coefficient (Wildman–Crippen LogP) is 4.65. The highest BCUT2D eigenvalue weighted by Crippen LogP contribution is 2.16. The van der Waals surface area contributed by atoms with Crippen molar-refractivity contribution in [3.05, 3.63) is 94.0 Å². The Morgan fingerprint density at radius 3 is 2.21 bits per heavy atom. The summed E-state index contributed by atoms with van der Waals surface area (Å²) >= 11 is 3.15. The van der Waals surface area contributed by atoms with Gasteiger partial charge in [0, 0.05) is 11.3 Å². The van der Waals surface area contributed by atoms with Crippen LogP contribution in [0.2, 0.25) is 0 Å². The second-order valence-corrected chi connectivity index (χ2v) is 6.90. The molecule has 0 unspecified atom stereocenters. The maximum atomic E-state index is 12.8. The summed E-state index contributed by atoms with van der Waals surface area (Å²) in [7, 11) is 0. The summed E-state index contributed by atoms with van der Waals surface area (Å²) in [6, 6.07) is 18.7. The highest BCUT2D eigenvalue weighted by atomic mass is 79.9. The molecule has 0 radical (unpaired) electrons. The van der Waals surface area contributed by atoms with Crippen molar-refractivity contribution < 1.29 is 18.8 Å². The molecule has 2 aromatic carbocycles. The Labute approximate surface area is 175 Å². The van der Waals surface area contributed by atoms with E-state index in [0.29, 0.717) is 15.9 Å². The SMILES string of the molecule is CC(=O)c1ccc(NC(=O)/C(=C/c2ccccc2)NC(=O)c2ccc(Br)o2)cc1. The Kier molecular flexibility index (Phi) is 6.41. The number of carbonyl (C=O) groups excluding carboxylic acids is 3. The van der Waals surface area contributed by atoms with E-state index in [4.69, 9.17) is 4.42 Å². The summed E-state index contributed by atoms with van der Waals surface area (Å²) in [5, 5.41) is 5.30. The van der Waals surface area contributed by atoms with E-state index in [-0.39, 0.29) is 17.2 Å². The minimum absolute atomic E-state index is 0.0457. The van der Waals surface area contributed by atoms with E-state index in [0.717, 1.165) is 5.56 Å². The summed E-state index contributed by atoms with van der Waals surface area (Å²) < 4.78 is 5.65. The molecule has 3 aromatic rings. The van der Waals surface area contributed by atoms with E-state index in [2.05, 4.69) is 26.6 Å². The fourth-order valence-electron chi connectivity index (χ4n) is 2.48. The Morgan fingerprint density at radius 2 is 1.62 bits per heavy atom. The molecule has 146 valence electrons. The van der Waals surface area contributed by atoms with Crippen LogP contribution in [0.3, 0.4) is 0 Å². The van der Waals surface area contributed by atoms with Crippen LogP contribution in [0.5, 0.6) is 0 Å². The van der Waals surface area contributed by atoms with Crippen molar-refractivity contribution >= 4 is 45.3 Å². The number of ketones is 1. The number of carbonyl (C=O) groups is 3. The molecule has 3 rings (SSSR count). The third-order valence-electron chi connectivity index (χ3n) is 3.95. The van der Waals surface area contributed by atoms with Gasteiger partial charge < -0.3 is 15.1 Å². The van der Waals surface area contributed by atoms with Crippen LogP contribution in [0.15, 0.2) is 81.5 Å². The average molecular weight is 453 g/mol. The number of rotatable bonds is 6. The average Bonchev–Trinajstić information content (AvgIpc) is 3.15. The summed E-state index contributed by atoms with van der Waals surface area (Å²) in [5.41, 5.74) is 1.82. The molecule has 0 saturated heterocycles. The fraction of sp³-hybridized carbons (Fsp3) is 0.0455. The molecule has 29 heavy (non-hydrogen) atoms. The molecule has 0 aliphatic carbocycles. The summed E-state index contributed by atoms with van der Waals surface area (Å²) in [4.78, 5) is 36.6. The van der Waals surface area contributed by atoms with Crippen LogP contribution >= 0.6 is 15.9 Å². The van der Waals surface area contributed by atoms with Gasteiger partial charge in [0.05, 0.1) is 0 Å². The molecule has 1 aromatic heterocycles. The summed E-state index contributed by atoms with van der Waals surface area (Å²) in [5.74, 6) is -1.07. The van der Waals surface area contributed by atoms with Crippen LogP contribution in [0.4, 0.5) is 5.69 Å². The molecule has 0 fully saturated rings. The first-order valence-corrected chi connectivity index (χ1v) is 9.47. The molecular weight excluding hydrogens is 436 g/mol. The number of nitrogens with one attached hydrogen (secondary N) is 2. The van der Waals surface area contributed by atoms with Gasteiger partial charge in [-0.05, 0) is 70.9 Å². The van der Waals surface area contributed by atoms with Crippen LogP contribution in [-0.2, 0) is 4.79 Å². The van der Waals surface area contributed by atoms with Crippen molar-refractivity contribution in [3.63, 3.8) is 0 Å². The van der Waals surface area contributed by atoms with E-state index in [9.17, 15) is 14.4 Å². The maximum Gasteiger partial charge on any atom is 0.291 e. The molecule has 0 aliphatic rings. The van der Waals surface area contributed by atoms with Crippen molar-refractivity contribution in [2.24, 2.45) is 0 Å². The molecule has 1 heterocycles. The monoisotopic (exact) mass is 452 g/mol. The highest BCUT2D eigenvalue weighted by molar-refractivity contribution is 9.10. The third kappa shape index (κ3) is 5.52. The first-order valence-electron chi connectivity index (χ1n) is 8.68. The number of furan rings is 1. The van der Waals surface area contributed by atoms with Crippen LogP contribution < -0.4 is 10.6 Å². The molecule has 0 saturated carbocycles. The lowest BCUT2D eigenvalue weighted by atomic mass is 10.1. The number of halogens is 1.